The predicted molar refractivity (Wildman–Crippen MR) is 89.3 cm³/mol. The summed E-state index contributed by atoms with van der Waals surface area (Å²) in [4.78, 5) is 16.7. The first-order valence-electron chi connectivity index (χ1n) is 7.36. The number of benzene rings is 2. The topological polar surface area (TPSA) is 60.5 Å². The second-order valence-electron chi connectivity index (χ2n) is 5.08. The van der Waals surface area contributed by atoms with Gasteiger partial charge in [-0.3, -0.25) is 9.78 Å². The highest BCUT2D eigenvalue weighted by atomic mass is 19.3. The Hall–Kier alpha value is -3.22. The maximum Gasteiger partial charge on any atom is 0.387 e. The molecule has 0 saturated carbocycles. The molecule has 1 amide bonds. The summed E-state index contributed by atoms with van der Waals surface area (Å²) in [5, 5.41) is 3.65. The lowest BCUT2D eigenvalue weighted by atomic mass is 10.1. The van der Waals surface area contributed by atoms with Crippen molar-refractivity contribution in [2.24, 2.45) is 0 Å². The molecule has 1 heterocycles. The van der Waals surface area contributed by atoms with E-state index in [2.05, 4.69) is 15.0 Å². The average Bonchev–Trinajstić information content (AvgIpc) is 2.62. The van der Waals surface area contributed by atoms with Crippen molar-refractivity contribution >= 4 is 22.5 Å². The molecule has 0 spiro atoms. The first-order chi connectivity index (χ1) is 12.1. The van der Waals surface area contributed by atoms with Gasteiger partial charge in [-0.05, 0) is 30.3 Å². The van der Waals surface area contributed by atoms with E-state index in [-0.39, 0.29) is 17.1 Å². The summed E-state index contributed by atoms with van der Waals surface area (Å²) in [6, 6.07) is 13.1. The zero-order chi connectivity index (χ0) is 17.8. The Balaban J connectivity index is 1.88. The Kier molecular flexibility index (Phi) is 4.74. The molecule has 0 bridgehead atoms. The summed E-state index contributed by atoms with van der Waals surface area (Å²) in [5.41, 5.74) is 1.45. The monoisotopic (exact) mass is 344 g/mol. The molecule has 2 aromatic carbocycles. The molecule has 0 fully saturated rings. The number of aromatic nitrogens is 1. The highest BCUT2D eigenvalue weighted by molar-refractivity contribution is 6.08. The highest BCUT2D eigenvalue weighted by Crippen LogP contribution is 2.30. The zero-order valence-corrected chi connectivity index (χ0v) is 13.2. The van der Waals surface area contributed by atoms with E-state index in [4.69, 9.17) is 4.74 Å². The highest BCUT2D eigenvalue weighted by Gasteiger charge is 2.15. The van der Waals surface area contributed by atoms with Crippen molar-refractivity contribution in [3.8, 4) is 11.5 Å². The third-order valence-corrected chi connectivity index (χ3v) is 3.52. The van der Waals surface area contributed by atoms with Gasteiger partial charge in [-0.25, -0.2) is 0 Å². The fraction of sp³-hybridized carbons (Fsp3) is 0.111. The summed E-state index contributed by atoms with van der Waals surface area (Å²) in [7, 11) is 1.31. The van der Waals surface area contributed by atoms with Gasteiger partial charge >= 0.3 is 6.61 Å². The van der Waals surface area contributed by atoms with E-state index in [0.29, 0.717) is 11.2 Å². The lowest BCUT2D eigenvalue weighted by molar-refractivity contribution is -0.0512. The quantitative estimate of drug-likeness (QED) is 0.757. The van der Waals surface area contributed by atoms with Crippen LogP contribution in [0.2, 0.25) is 0 Å². The fourth-order valence-electron chi connectivity index (χ4n) is 2.40. The number of anilines is 1. The number of carbonyl (C=O) groups is 1. The molecule has 1 aromatic heterocycles. The van der Waals surface area contributed by atoms with Crippen LogP contribution in [-0.2, 0) is 0 Å². The smallest absolute Gasteiger partial charge is 0.387 e. The van der Waals surface area contributed by atoms with Gasteiger partial charge in [0.05, 0.1) is 18.3 Å². The van der Waals surface area contributed by atoms with Crippen LogP contribution < -0.4 is 14.8 Å². The molecular formula is C18H14F2N2O3. The lowest BCUT2D eigenvalue weighted by Crippen LogP contribution is -2.13. The maximum absolute atomic E-state index is 12.5. The standard InChI is InChI=1S/C18H14F2N2O3/c1-24-15-10-12(7-8-14(15)25-18(19)20)17(23)22-13-6-2-4-11-5-3-9-21-16(11)13/h2-10,18H,1H3,(H,22,23). The number of methoxy groups -OCH3 is 1. The number of amides is 1. The molecular weight excluding hydrogens is 330 g/mol. The number of ether oxygens (including phenoxy) is 2. The van der Waals surface area contributed by atoms with Crippen molar-refractivity contribution in [2.45, 2.75) is 6.61 Å². The van der Waals surface area contributed by atoms with Crippen LogP contribution in [0.5, 0.6) is 11.5 Å². The van der Waals surface area contributed by atoms with Crippen LogP contribution in [0.3, 0.4) is 0 Å². The molecule has 0 aliphatic carbocycles. The molecule has 128 valence electrons. The summed E-state index contributed by atoms with van der Waals surface area (Å²) >= 11 is 0. The predicted octanol–water partition coefficient (Wildman–Crippen LogP) is 4.10. The number of alkyl halides is 2. The van der Waals surface area contributed by atoms with Crippen molar-refractivity contribution in [1.82, 2.24) is 4.98 Å². The first kappa shape index (κ1) is 16.6. The number of nitrogens with one attached hydrogen (secondary N) is 1. The van der Waals surface area contributed by atoms with Gasteiger partial charge in [0.25, 0.3) is 5.91 Å². The molecule has 3 rings (SSSR count). The van der Waals surface area contributed by atoms with Gasteiger partial charge in [0, 0.05) is 17.1 Å². The number of hydrogen-bond donors (Lipinski definition) is 1. The Bertz CT molecular complexity index is 910. The Morgan fingerprint density at radius 1 is 1.12 bits per heavy atom. The van der Waals surface area contributed by atoms with Crippen LogP contribution in [0.1, 0.15) is 10.4 Å². The van der Waals surface area contributed by atoms with E-state index in [1.165, 1.54) is 25.3 Å². The fourth-order valence-corrected chi connectivity index (χ4v) is 2.40. The van der Waals surface area contributed by atoms with Gasteiger partial charge in [0.2, 0.25) is 0 Å². The SMILES string of the molecule is COc1cc(C(=O)Nc2cccc3cccnc23)ccc1OC(F)F. The normalized spacial score (nSPS) is 10.7. The third-order valence-electron chi connectivity index (χ3n) is 3.52. The molecule has 0 atom stereocenters. The van der Waals surface area contributed by atoms with Crippen molar-refractivity contribution in [2.75, 3.05) is 12.4 Å². The number of halogens is 2. The maximum atomic E-state index is 12.5. The molecule has 0 saturated heterocycles. The van der Waals surface area contributed by atoms with Gasteiger partial charge in [0.15, 0.2) is 11.5 Å². The van der Waals surface area contributed by atoms with E-state index in [0.717, 1.165) is 5.39 Å². The van der Waals surface area contributed by atoms with Crippen molar-refractivity contribution in [3.05, 3.63) is 60.3 Å². The van der Waals surface area contributed by atoms with Crippen LogP contribution in [-0.4, -0.2) is 24.6 Å². The number of nitrogens with zero attached hydrogens (tertiary/aromatic N) is 1. The van der Waals surface area contributed by atoms with Crippen LogP contribution in [0, 0.1) is 0 Å². The van der Waals surface area contributed by atoms with E-state index < -0.39 is 12.5 Å². The Morgan fingerprint density at radius 3 is 2.68 bits per heavy atom. The van der Waals surface area contributed by atoms with Crippen molar-refractivity contribution in [1.29, 1.82) is 0 Å². The molecule has 7 heteroatoms. The third kappa shape index (κ3) is 3.65. The molecule has 5 nitrogen and oxygen atoms in total. The average molecular weight is 344 g/mol. The van der Waals surface area contributed by atoms with Crippen LogP contribution >= 0.6 is 0 Å². The van der Waals surface area contributed by atoms with Crippen LogP contribution in [0.15, 0.2) is 54.7 Å². The molecule has 1 N–H and O–H groups in total. The van der Waals surface area contributed by atoms with Gasteiger partial charge in [-0.2, -0.15) is 8.78 Å². The second-order valence-corrected chi connectivity index (χ2v) is 5.08. The summed E-state index contributed by atoms with van der Waals surface area (Å²) < 4.78 is 34.1. The molecule has 0 radical (unpaired) electrons. The Labute approximate surface area is 142 Å². The number of hydrogen-bond acceptors (Lipinski definition) is 4. The summed E-state index contributed by atoms with van der Waals surface area (Å²) in [5.74, 6) is -0.509. The minimum atomic E-state index is -2.98. The first-order valence-corrected chi connectivity index (χ1v) is 7.36. The minimum Gasteiger partial charge on any atom is -0.493 e. The van der Waals surface area contributed by atoms with E-state index >= 15 is 0 Å². The minimum absolute atomic E-state index is 0.0454. The largest absolute Gasteiger partial charge is 0.493 e. The summed E-state index contributed by atoms with van der Waals surface area (Å²) in [6.45, 7) is -2.98. The molecule has 3 aromatic rings. The van der Waals surface area contributed by atoms with Gasteiger partial charge < -0.3 is 14.8 Å². The van der Waals surface area contributed by atoms with Gasteiger partial charge in [0.1, 0.15) is 0 Å². The second kappa shape index (κ2) is 7.12. The van der Waals surface area contributed by atoms with E-state index in [1.807, 2.05) is 12.1 Å². The Morgan fingerprint density at radius 2 is 1.92 bits per heavy atom. The molecule has 0 aliphatic rings. The van der Waals surface area contributed by atoms with Crippen LogP contribution in [0.4, 0.5) is 14.5 Å². The van der Waals surface area contributed by atoms with E-state index in [1.54, 1.807) is 24.4 Å². The molecule has 0 unspecified atom stereocenters. The van der Waals surface area contributed by atoms with E-state index in [9.17, 15) is 13.6 Å². The van der Waals surface area contributed by atoms with Gasteiger partial charge in [-0.15, -0.1) is 0 Å². The number of para-hydroxylation sites is 1. The van der Waals surface area contributed by atoms with Crippen LogP contribution in [0.25, 0.3) is 10.9 Å². The zero-order valence-electron chi connectivity index (χ0n) is 13.2. The van der Waals surface area contributed by atoms with Gasteiger partial charge in [-0.1, -0.05) is 18.2 Å². The number of fused-ring (bicyclic) bond motifs is 1. The number of pyridine rings is 1. The number of carbonyl (C=O) groups excluding carboxylic acids is 1. The lowest BCUT2D eigenvalue weighted by Gasteiger charge is -2.12. The van der Waals surface area contributed by atoms with Crippen molar-refractivity contribution in [3.63, 3.8) is 0 Å². The molecule has 0 aliphatic heterocycles. The molecule has 25 heavy (non-hydrogen) atoms. The number of rotatable bonds is 5. The van der Waals surface area contributed by atoms with Crippen molar-refractivity contribution < 1.29 is 23.0 Å². The summed E-state index contributed by atoms with van der Waals surface area (Å²) in [6.07, 6.45) is 1.64.